The minimum absolute atomic E-state index is 0.0873. The maximum absolute atomic E-state index is 5.91. The Hall–Kier alpha value is -0.950. The number of nitrogens with zero attached hydrogens (tertiary/aromatic N) is 3. The molecule has 2 rings (SSSR count). The van der Waals surface area contributed by atoms with Gasteiger partial charge in [0.25, 0.3) is 0 Å². The van der Waals surface area contributed by atoms with Gasteiger partial charge in [-0.3, -0.25) is 16.2 Å². The van der Waals surface area contributed by atoms with Gasteiger partial charge in [-0.25, -0.2) is 4.98 Å². The van der Waals surface area contributed by atoms with Crippen molar-refractivity contribution < 1.29 is 4.74 Å². The van der Waals surface area contributed by atoms with E-state index >= 15 is 0 Å². The molecule has 0 bridgehead atoms. The Labute approximate surface area is 121 Å². The molecule has 1 saturated heterocycles. The van der Waals surface area contributed by atoms with E-state index in [0.717, 1.165) is 38.5 Å². The molecular formula is C14H27N5O. The van der Waals surface area contributed by atoms with E-state index in [1.165, 1.54) is 0 Å². The molecule has 20 heavy (non-hydrogen) atoms. The topological polar surface area (TPSA) is 68.3 Å². The Morgan fingerprint density at radius 3 is 3.00 bits per heavy atom. The zero-order valence-electron chi connectivity index (χ0n) is 12.7. The summed E-state index contributed by atoms with van der Waals surface area (Å²) >= 11 is 0. The molecule has 0 aliphatic carbocycles. The van der Waals surface area contributed by atoms with Crippen LogP contribution in [0.2, 0.25) is 0 Å². The maximum atomic E-state index is 5.91. The van der Waals surface area contributed by atoms with Crippen LogP contribution in [0.1, 0.15) is 26.6 Å². The lowest BCUT2D eigenvalue weighted by molar-refractivity contribution is -0.0556. The third-order valence-electron chi connectivity index (χ3n) is 4.06. The second kappa shape index (κ2) is 7.17. The summed E-state index contributed by atoms with van der Waals surface area (Å²) in [5, 5.41) is 0. The summed E-state index contributed by atoms with van der Waals surface area (Å²) in [6.45, 7) is 10.2. The van der Waals surface area contributed by atoms with Gasteiger partial charge in [0.1, 0.15) is 5.82 Å². The van der Waals surface area contributed by atoms with Crippen molar-refractivity contribution in [3.63, 3.8) is 0 Å². The molecule has 0 spiro atoms. The van der Waals surface area contributed by atoms with Gasteiger partial charge in [-0.1, -0.05) is 0 Å². The molecular weight excluding hydrogens is 254 g/mol. The first-order chi connectivity index (χ1) is 9.65. The zero-order chi connectivity index (χ0) is 14.5. The van der Waals surface area contributed by atoms with Gasteiger partial charge in [0.05, 0.1) is 18.8 Å². The van der Waals surface area contributed by atoms with Crippen molar-refractivity contribution >= 4 is 0 Å². The van der Waals surface area contributed by atoms with Crippen LogP contribution in [0.3, 0.4) is 0 Å². The van der Waals surface area contributed by atoms with Gasteiger partial charge in [-0.05, 0) is 20.8 Å². The lowest BCUT2D eigenvalue weighted by Crippen LogP contribution is -2.56. The predicted molar refractivity (Wildman–Crippen MR) is 79.2 cm³/mol. The smallest absolute Gasteiger partial charge is 0.110 e. The fourth-order valence-corrected chi connectivity index (χ4v) is 2.72. The lowest BCUT2D eigenvalue weighted by Gasteiger charge is -2.38. The molecule has 1 aliphatic heterocycles. The molecule has 1 fully saturated rings. The van der Waals surface area contributed by atoms with Crippen LogP contribution in [0, 0.1) is 0 Å². The number of hydrogen-bond acceptors (Lipinski definition) is 5. The fraction of sp³-hybridized carbons (Fsp3) is 0.786. The van der Waals surface area contributed by atoms with E-state index < -0.39 is 0 Å². The summed E-state index contributed by atoms with van der Waals surface area (Å²) in [6, 6.07) is 0.627. The highest BCUT2D eigenvalue weighted by atomic mass is 16.5. The molecule has 0 radical (unpaired) electrons. The first kappa shape index (κ1) is 15.4. The number of nitrogens with two attached hydrogens (primary N) is 1. The summed E-state index contributed by atoms with van der Waals surface area (Å²) in [5.74, 6) is 6.80. The molecule has 1 aromatic heterocycles. The van der Waals surface area contributed by atoms with Crippen molar-refractivity contribution in [3.05, 3.63) is 18.2 Å². The second-order valence-corrected chi connectivity index (χ2v) is 5.60. The number of hydrazine groups is 1. The number of imidazole rings is 1. The first-order valence-electron chi connectivity index (χ1n) is 7.47. The molecule has 114 valence electrons. The number of aromatic nitrogens is 2. The minimum atomic E-state index is 0.0873. The average Bonchev–Trinajstić information content (AvgIpc) is 2.92. The standard InChI is InChI=1S/C14H27N5O/c1-4-18-6-5-16-14(18)9-12(17-15)13-10-19(11(2)3)7-8-20-13/h5-6,11-13,17H,4,7-10,15H2,1-3H3. The van der Waals surface area contributed by atoms with Gasteiger partial charge in [-0.2, -0.15) is 0 Å². The molecule has 1 aromatic rings. The van der Waals surface area contributed by atoms with Crippen LogP contribution in [0.25, 0.3) is 0 Å². The Morgan fingerprint density at radius 2 is 2.35 bits per heavy atom. The van der Waals surface area contributed by atoms with E-state index in [1.807, 2.05) is 12.4 Å². The van der Waals surface area contributed by atoms with Crippen molar-refractivity contribution in [2.45, 2.75) is 51.9 Å². The number of rotatable bonds is 6. The van der Waals surface area contributed by atoms with Gasteiger partial charge < -0.3 is 9.30 Å². The van der Waals surface area contributed by atoms with E-state index in [9.17, 15) is 0 Å². The number of aryl methyl sites for hydroxylation is 1. The van der Waals surface area contributed by atoms with Crippen molar-refractivity contribution in [1.82, 2.24) is 19.9 Å². The van der Waals surface area contributed by atoms with Crippen LogP contribution < -0.4 is 11.3 Å². The second-order valence-electron chi connectivity index (χ2n) is 5.60. The first-order valence-corrected chi connectivity index (χ1v) is 7.47. The van der Waals surface area contributed by atoms with Crippen molar-refractivity contribution in [1.29, 1.82) is 0 Å². The Morgan fingerprint density at radius 1 is 1.55 bits per heavy atom. The number of ether oxygens (including phenoxy) is 1. The van der Waals surface area contributed by atoms with Crippen molar-refractivity contribution in [2.24, 2.45) is 5.84 Å². The van der Waals surface area contributed by atoms with Gasteiger partial charge in [-0.15, -0.1) is 0 Å². The average molecular weight is 281 g/mol. The molecule has 6 nitrogen and oxygen atoms in total. The monoisotopic (exact) mass is 281 g/mol. The third-order valence-corrected chi connectivity index (χ3v) is 4.06. The van der Waals surface area contributed by atoms with E-state index in [2.05, 4.69) is 40.6 Å². The van der Waals surface area contributed by atoms with Gasteiger partial charge in [0.2, 0.25) is 0 Å². The summed E-state index contributed by atoms with van der Waals surface area (Å²) in [5.41, 5.74) is 2.92. The highest BCUT2D eigenvalue weighted by Gasteiger charge is 2.29. The zero-order valence-corrected chi connectivity index (χ0v) is 12.7. The Balaban J connectivity index is 2.00. The summed E-state index contributed by atoms with van der Waals surface area (Å²) in [7, 11) is 0. The molecule has 0 saturated carbocycles. The fourth-order valence-electron chi connectivity index (χ4n) is 2.72. The molecule has 2 heterocycles. The normalized spacial score (nSPS) is 22.4. The number of hydrogen-bond donors (Lipinski definition) is 2. The number of nitrogens with one attached hydrogen (secondary N) is 1. The summed E-state index contributed by atoms with van der Waals surface area (Å²) in [6.07, 6.45) is 4.74. The van der Waals surface area contributed by atoms with E-state index in [-0.39, 0.29) is 12.1 Å². The molecule has 0 aromatic carbocycles. The summed E-state index contributed by atoms with van der Waals surface area (Å²) < 4.78 is 8.06. The third kappa shape index (κ3) is 3.58. The van der Waals surface area contributed by atoms with Crippen LogP contribution in [-0.2, 0) is 17.7 Å². The minimum Gasteiger partial charge on any atom is -0.374 e. The predicted octanol–water partition coefficient (Wildman–Crippen LogP) is 0.387. The largest absolute Gasteiger partial charge is 0.374 e. The maximum Gasteiger partial charge on any atom is 0.110 e. The highest BCUT2D eigenvalue weighted by molar-refractivity contribution is 4.98. The van der Waals surface area contributed by atoms with Gasteiger partial charge in [0.15, 0.2) is 0 Å². The molecule has 2 atom stereocenters. The Kier molecular flexibility index (Phi) is 5.54. The van der Waals surface area contributed by atoms with Crippen molar-refractivity contribution in [2.75, 3.05) is 19.7 Å². The summed E-state index contributed by atoms with van der Waals surface area (Å²) in [4.78, 5) is 6.86. The molecule has 3 N–H and O–H groups in total. The highest BCUT2D eigenvalue weighted by Crippen LogP contribution is 2.14. The van der Waals surface area contributed by atoms with E-state index in [4.69, 9.17) is 10.6 Å². The van der Waals surface area contributed by atoms with Crippen LogP contribution >= 0.6 is 0 Å². The van der Waals surface area contributed by atoms with Crippen molar-refractivity contribution in [3.8, 4) is 0 Å². The van der Waals surface area contributed by atoms with Crippen LogP contribution in [-0.4, -0.2) is 52.3 Å². The lowest BCUT2D eigenvalue weighted by atomic mass is 10.0. The molecule has 2 unspecified atom stereocenters. The molecule has 6 heteroatoms. The van der Waals surface area contributed by atoms with Gasteiger partial charge in [0, 0.05) is 44.5 Å². The SMILES string of the molecule is CCn1ccnc1CC(NN)C1CN(C(C)C)CCO1. The molecule has 1 aliphatic rings. The van der Waals surface area contributed by atoms with E-state index in [0.29, 0.717) is 6.04 Å². The van der Waals surface area contributed by atoms with Crippen LogP contribution in [0.5, 0.6) is 0 Å². The van der Waals surface area contributed by atoms with Gasteiger partial charge >= 0.3 is 0 Å². The van der Waals surface area contributed by atoms with Crippen LogP contribution in [0.4, 0.5) is 0 Å². The Bertz CT molecular complexity index is 406. The molecule has 0 amide bonds. The van der Waals surface area contributed by atoms with Crippen LogP contribution in [0.15, 0.2) is 12.4 Å². The van der Waals surface area contributed by atoms with E-state index in [1.54, 1.807) is 0 Å². The number of morpholine rings is 1. The quantitative estimate of drug-likeness (QED) is 0.583.